The van der Waals surface area contributed by atoms with Crippen molar-refractivity contribution in [3.63, 3.8) is 0 Å². The third-order valence-electron chi connectivity index (χ3n) is 3.28. The van der Waals surface area contributed by atoms with Crippen LogP contribution in [0.1, 0.15) is 18.5 Å². The van der Waals surface area contributed by atoms with Gasteiger partial charge < -0.3 is 10.3 Å². The first kappa shape index (κ1) is 14.0. The summed E-state index contributed by atoms with van der Waals surface area (Å²) >= 11 is 1.26. The summed E-state index contributed by atoms with van der Waals surface area (Å²) in [6, 6.07) is 5.34. The third kappa shape index (κ3) is 2.74. The predicted molar refractivity (Wildman–Crippen MR) is 79.7 cm³/mol. The predicted octanol–water partition coefficient (Wildman–Crippen LogP) is 2.92. The highest BCUT2D eigenvalue weighted by Crippen LogP contribution is 2.32. The Morgan fingerprint density at radius 2 is 2.14 bits per heavy atom. The molecule has 0 amide bonds. The lowest BCUT2D eigenvalue weighted by molar-refractivity contribution is 0.587. The molecule has 0 saturated heterocycles. The number of H-pyrrole nitrogens is 1. The number of hydrogen-bond donors (Lipinski definition) is 2. The van der Waals surface area contributed by atoms with Crippen LogP contribution < -0.4 is 5.32 Å². The van der Waals surface area contributed by atoms with E-state index in [0.29, 0.717) is 15.6 Å². The molecule has 5 nitrogen and oxygen atoms in total. The van der Waals surface area contributed by atoms with Crippen LogP contribution in [0, 0.1) is 5.82 Å². The smallest absolute Gasteiger partial charge is 0.181 e. The molecule has 0 saturated carbocycles. The minimum Gasteiger partial charge on any atom is -0.341 e. The van der Waals surface area contributed by atoms with Gasteiger partial charge in [-0.25, -0.2) is 19.3 Å². The number of aromatic amines is 1. The number of aromatic nitrogens is 4. The highest BCUT2D eigenvalue weighted by atomic mass is 32.2. The Balaban J connectivity index is 1.93. The topological polar surface area (TPSA) is 66.5 Å². The molecule has 2 heterocycles. The molecule has 21 heavy (non-hydrogen) atoms. The largest absolute Gasteiger partial charge is 0.341 e. The van der Waals surface area contributed by atoms with Crippen LogP contribution in [0.2, 0.25) is 0 Å². The number of hydrogen-bond acceptors (Lipinski definition) is 5. The van der Waals surface area contributed by atoms with Crippen molar-refractivity contribution in [2.24, 2.45) is 0 Å². The summed E-state index contributed by atoms with van der Waals surface area (Å²) in [7, 11) is 1.85. The molecule has 0 spiro atoms. The van der Waals surface area contributed by atoms with E-state index < -0.39 is 0 Å². The monoisotopic (exact) mass is 303 g/mol. The minimum atomic E-state index is -0.258. The van der Waals surface area contributed by atoms with Gasteiger partial charge in [-0.05, 0) is 31.7 Å². The lowest BCUT2D eigenvalue weighted by atomic mass is 10.1. The van der Waals surface area contributed by atoms with Crippen LogP contribution in [0.5, 0.6) is 0 Å². The van der Waals surface area contributed by atoms with Crippen molar-refractivity contribution in [3.05, 3.63) is 42.2 Å². The Hall–Kier alpha value is -1.99. The molecule has 108 valence electrons. The summed E-state index contributed by atoms with van der Waals surface area (Å²) < 4.78 is 14.2. The molecular formula is C14H14FN5S. The summed E-state index contributed by atoms with van der Waals surface area (Å²) in [5.41, 5.74) is 2.21. The molecule has 0 fully saturated rings. The molecule has 1 unspecified atom stereocenters. The Kier molecular flexibility index (Phi) is 3.85. The molecule has 1 atom stereocenters. The number of imidazole rings is 1. The van der Waals surface area contributed by atoms with Gasteiger partial charge in [0.25, 0.3) is 0 Å². The summed E-state index contributed by atoms with van der Waals surface area (Å²) in [4.78, 5) is 15.8. The maximum atomic E-state index is 14.2. The normalized spacial score (nSPS) is 12.7. The summed E-state index contributed by atoms with van der Waals surface area (Å²) in [6.07, 6.45) is 2.98. The van der Waals surface area contributed by atoms with Crippen molar-refractivity contribution in [3.8, 4) is 0 Å². The Labute approximate surface area is 125 Å². The quantitative estimate of drug-likeness (QED) is 0.725. The molecule has 0 bridgehead atoms. The Morgan fingerprint density at radius 3 is 2.90 bits per heavy atom. The average Bonchev–Trinajstić information content (AvgIpc) is 2.98. The van der Waals surface area contributed by atoms with Crippen LogP contribution in [0.15, 0.2) is 40.8 Å². The maximum Gasteiger partial charge on any atom is 0.181 e. The van der Waals surface area contributed by atoms with Crippen LogP contribution in [-0.4, -0.2) is 27.0 Å². The average molecular weight is 303 g/mol. The maximum absolute atomic E-state index is 14.2. The van der Waals surface area contributed by atoms with E-state index in [0.717, 1.165) is 11.1 Å². The number of benzene rings is 1. The highest BCUT2D eigenvalue weighted by molar-refractivity contribution is 7.99. The number of fused-ring (bicyclic) bond motifs is 1. The molecule has 3 aromatic rings. The van der Waals surface area contributed by atoms with Crippen molar-refractivity contribution in [2.45, 2.75) is 22.9 Å². The first-order valence-electron chi connectivity index (χ1n) is 6.47. The second kappa shape index (κ2) is 5.79. The fourth-order valence-electron chi connectivity index (χ4n) is 1.96. The number of rotatable bonds is 4. The Bertz CT molecular complexity index is 773. The van der Waals surface area contributed by atoms with Crippen LogP contribution in [0.25, 0.3) is 11.2 Å². The lowest BCUT2D eigenvalue weighted by Gasteiger charge is -2.11. The molecule has 3 rings (SSSR count). The van der Waals surface area contributed by atoms with Crippen molar-refractivity contribution >= 4 is 22.9 Å². The number of nitrogens with zero attached hydrogens (tertiary/aromatic N) is 3. The molecular weight excluding hydrogens is 289 g/mol. The SMILES string of the molecule is CNC(C)c1ccc(Sc2ncnc3nc[nH]c23)c(F)c1. The second-order valence-corrected chi connectivity index (χ2v) is 5.61. The fourth-order valence-corrected chi connectivity index (χ4v) is 2.81. The summed E-state index contributed by atoms with van der Waals surface area (Å²) in [5, 5.41) is 3.75. The van der Waals surface area contributed by atoms with Gasteiger partial charge in [-0.3, -0.25) is 0 Å². The second-order valence-electron chi connectivity index (χ2n) is 4.58. The zero-order valence-electron chi connectivity index (χ0n) is 11.6. The van der Waals surface area contributed by atoms with Gasteiger partial charge in [-0.15, -0.1) is 0 Å². The van der Waals surface area contributed by atoms with Crippen LogP contribution in [0.3, 0.4) is 0 Å². The first-order chi connectivity index (χ1) is 10.2. The van der Waals surface area contributed by atoms with E-state index in [9.17, 15) is 4.39 Å². The number of halogens is 1. The standard InChI is InChI=1S/C14H14FN5S/c1-8(16-2)9-3-4-11(10(15)5-9)21-14-12-13(18-6-17-12)19-7-20-14/h3-8,16H,1-2H3,(H,17,18,19,20). The molecule has 0 aliphatic carbocycles. The van der Waals surface area contributed by atoms with E-state index in [2.05, 4.69) is 25.3 Å². The van der Waals surface area contributed by atoms with E-state index in [4.69, 9.17) is 0 Å². The van der Waals surface area contributed by atoms with Crippen molar-refractivity contribution < 1.29 is 4.39 Å². The minimum absolute atomic E-state index is 0.108. The van der Waals surface area contributed by atoms with E-state index in [1.54, 1.807) is 18.5 Å². The van der Waals surface area contributed by atoms with Gasteiger partial charge in [-0.2, -0.15) is 0 Å². The Morgan fingerprint density at radius 1 is 1.29 bits per heavy atom. The van der Waals surface area contributed by atoms with Gasteiger partial charge in [0.1, 0.15) is 22.7 Å². The first-order valence-corrected chi connectivity index (χ1v) is 7.29. The van der Waals surface area contributed by atoms with E-state index >= 15 is 0 Å². The summed E-state index contributed by atoms with van der Waals surface area (Å²) in [5.74, 6) is -0.258. The van der Waals surface area contributed by atoms with E-state index in [1.807, 2.05) is 20.0 Å². The zero-order chi connectivity index (χ0) is 14.8. The molecule has 7 heteroatoms. The van der Waals surface area contributed by atoms with Gasteiger partial charge in [0.15, 0.2) is 5.65 Å². The van der Waals surface area contributed by atoms with Crippen LogP contribution >= 0.6 is 11.8 Å². The summed E-state index contributed by atoms with van der Waals surface area (Å²) in [6.45, 7) is 1.99. The van der Waals surface area contributed by atoms with Crippen molar-refractivity contribution in [1.29, 1.82) is 0 Å². The zero-order valence-corrected chi connectivity index (χ0v) is 12.4. The lowest BCUT2D eigenvalue weighted by Crippen LogP contribution is -2.12. The van der Waals surface area contributed by atoms with Crippen LogP contribution in [-0.2, 0) is 0 Å². The van der Waals surface area contributed by atoms with E-state index in [1.165, 1.54) is 18.1 Å². The molecule has 1 aromatic carbocycles. The molecule has 2 aromatic heterocycles. The van der Waals surface area contributed by atoms with Crippen molar-refractivity contribution in [2.75, 3.05) is 7.05 Å². The van der Waals surface area contributed by atoms with Gasteiger partial charge in [-0.1, -0.05) is 17.8 Å². The van der Waals surface area contributed by atoms with E-state index in [-0.39, 0.29) is 11.9 Å². The molecule has 2 N–H and O–H groups in total. The molecule has 0 aliphatic rings. The molecule has 0 aliphatic heterocycles. The third-order valence-corrected chi connectivity index (χ3v) is 4.34. The highest BCUT2D eigenvalue weighted by Gasteiger charge is 2.12. The van der Waals surface area contributed by atoms with Crippen molar-refractivity contribution in [1.82, 2.24) is 25.3 Å². The van der Waals surface area contributed by atoms with Gasteiger partial charge in [0.2, 0.25) is 0 Å². The van der Waals surface area contributed by atoms with Gasteiger partial charge in [0.05, 0.1) is 6.33 Å². The fraction of sp³-hybridized carbons (Fsp3) is 0.214. The van der Waals surface area contributed by atoms with Gasteiger partial charge >= 0.3 is 0 Å². The molecule has 0 radical (unpaired) electrons. The van der Waals surface area contributed by atoms with Crippen LogP contribution in [0.4, 0.5) is 4.39 Å². The van der Waals surface area contributed by atoms with Gasteiger partial charge in [0, 0.05) is 10.9 Å². The number of nitrogens with one attached hydrogen (secondary N) is 2.